The quantitative estimate of drug-likeness (QED) is 0.528. The average molecular weight is 381 g/mol. The highest BCUT2D eigenvalue weighted by atomic mass is 35.5. The van der Waals surface area contributed by atoms with E-state index >= 15 is 0 Å². The number of aromatic nitrogens is 1. The zero-order chi connectivity index (χ0) is 19.6. The maximum absolute atomic E-state index is 11.2. The van der Waals surface area contributed by atoms with Gasteiger partial charge in [0.05, 0.1) is 17.7 Å². The predicted molar refractivity (Wildman–Crippen MR) is 102 cm³/mol. The maximum Gasteiger partial charge on any atom is 0.288 e. The normalized spacial score (nSPS) is 10.3. The van der Waals surface area contributed by atoms with Crippen LogP contribution in [-0.2, 0) is 0 Å². The van der Waals surface area contributed by atoms with Crippen LogP contribution in [0.5, 0.6) is 5.75 Å². The number of nitrogen functional groups attached to an aromatic ring is 1. The lowest BCUT2D eigenvalue weighted by Crippen LogP contribution is -2.01. The second-order valence-electron chi connectivity index (χ2n) is 5.55. The molecule has 7 nitrogen and oxygen atoms in total. The third-order valence-corrected chi connectivity index (χ3v) is 4.32. The van der Waals surface area contributed by atoms with E-state index in [0.29, 0.717) is 28.1 Å². The first-order valence-corrected chi connectivity index (χ1v) is 8.12. The van der Waals surface area contributed by atoms with E-state index in [0.717, 1.165) is 0 Å². The number of pyridine rings is 1. The summed E-state index contributed by atoms with van der Waals surface area (Å²) in [7, 11) is 1.54. The summed E-state index contributed by atoms with van der Waals surface area (Å²) in [4.78, 5) is 14.9. The molecule has 27 heavy (non-hydrogen) atoms. The highest BCUT2D eigenvalue weighted by molar-refractivity contribution is 6.32. The largest absolute Gasteiger partial charge is 0.496 e. The van der Waals surface area contributed by atoms with Crippen LogP contribution in [0.1, 0.15) is 5.56 Å². The summed E-state index contributed by atoms with van der Waals surface area (Å²) in [6.07, 6.45) is 0. The highest BCUT2D eigenvalue weighted by Crippen LogP contribution is 2.37. The number of hydrogen-bond acceptors (Lipinski definition) is 6. The number of nitrogens with two attached hydrogens (primary N) is 1. The molecule has 1 aromatic heterocycles. The molecule has 0 fully saturated rings. The lowest BCUT2D eigenvalue weighted by atomic mass is 9.98. The molecule has 134 valence electrons. The van der Waals surface area contributed by atoms with Crippen LogP contribution < -0.4 is 10.5 Å². The van der Waals surface area contributed by atoms with Gasteiger partial charge in [-0.05, 0) is 29.8 Å². The van der Waals surface area contributed by atoms with Gasteiger partial charge in [0.25, 0.3) is 5.69 Å². The van der Waals surface area contributed by atoms with Gasteiger partial charge in [0, 0.05) is 17.2 Å². The molecule has 0 amide bonds. The van der Waals surface area contributed by atoms with Gasteiger partial charge in [-0.15, -0.1) is 0 Å². The molecule has 1 heterocycles. The minimum atomic E-state index is -0.580. The number of nitriles is 1. The van der Waals surface area contributed by atoms with Crippen molar-refractivity contribution in [3.63, 3.8) is 0 Å². The predicted octanol–water partition coefficient (Wildman–Crippen LogP) is 4.44. The number of benzene rings is 2. The summed E-state index contributed by atoms with van der Waals surface area (Å²) in [6, 6.07) is 15.2. The molecule has 0 saturated heterocycles. The third-order valence-electron chi connectivity index (χ3n) is 4.00. The summed E-state index contributed by atoms with van der Waals surface area (Å²) in [6.45, 7) is 0. The molecule has 0 unspecified atom stereocenters. The van der Waals surface area contributed by atoms with E-state index in [9.17, 15) is 15.4 Å². The van der Waals surface area contributed by atoms with Gasteiger partial charge in [-0.2, -0.15) is 5.26 Å². The van der Waals surface area contributed by atoms with E-state index in [1.165, 1.54) is 19.2 Å². The minimum Gasteiger partial charge on any atom is -0.496 e. The van der Waals surface area contributed by atoms with Gasteiger partial charge in [-0.25, -0.2) is 4.98 Å². The van der Waals surface area contributed by atoms with Gasteiger partial charge in [0.2, 0.25) is 0 Å². The van der Waals surface area contributed by atoms with E-state index < -0.39 is 4.92 Å². The second-order valence-corrected chi connectivity index (χ2v) is 5.96. The Labute approximate surface area is 159 Å². The molecular formula is C19H13ClN4O3. The summed E-state index contributed by atoms with van der Waals surface area (Å²) in [5.74, 6) is 0.607. The number of nitrogens with zero attached hydrogens (tertiary/aromatic N) is 3. The van der Waals surface area contributed by atoms with Crippen molar-refractivity contribution in [1.82, 2.24) is 4.98 Å². The molecule has 3 aromatic rings. The number of anilines is 1. The molecule has 8 heteroatoms. The monoisotopic (exact) mass is 380 g/mol. The number of ether oxygens (including phenoxy) is 1. The molecular weight excluding hydrogens is 368 g/mol. The Balaban J connectivity index is 2.27. The topological polar surface area (TPSA) is 115 Å². The van der Waals surface area contributed by atoms with Crippen molar-refractivity contribution in [2.24, 2.45) is 0 Å². The number of nitro groups is 1. The Bertz CT molecular complexity index is 1090. The van der Waals surface area contributed by atoms with E-state index in [4.69, 9.17) is 22.1 Å². The van der Waals surface area contributed by atoms with Crippen molar-refractivity contribution in [2.75, 3.05) is 12.8 Å². The summed E-state index contributed by atoms with van der Waals surface area (Å²) in [5.41, 5.74) is 7.89. The fraction of sp³-hybridized carbons (Fsp3) is 0.0526. The van der Waals surface area contributed by atoms with Crippen LogP contribution in [0.25, 0.3) is 22.4 Å². The first-order valence-electron chi connectivity index (χ1n) is 7.74. The SMILES string of the molecule is COc1ccccc1-c1cc(-c2ccc(Cl)c([N+](=O)[O-])c2)c(C#N)c(N)n1. The zero-order valence-electron chi connectivity index (χ0n) is 14.1. The van der Waals surface area contributed by atoms with Gasteiger partial charge >= 0.3 is 0 Å². The van der Waals surface area contributed by atoms with E-state index in [1.807, 2.05) is 18.2 Å². The van der Waals surface area contributed by atoms with Crippen molar-refractivity contribution >= 4 is 23.1 Å². The number of hydrogen-bond donors (Lipinski definition) is 1. The fourth-order valence-electron chi connectivity index (χ4n) is 2.72. The van der Waals surface area contributed by atoms with Gasteiger partial charge in [0.15, 0.2) is 0 Å². The number of nitro benzene ring substituents is 1. The van der Waals surface area contributed by atoms with E-state index in [1.54, 1.807) is 24.3 Å². The van der Waals surface area contributed by atoms with Crippen LogP contribution >= 0.6 is 11.6 Å². The molecule has 2 aromatic carbocycles. The number of rotatable bonds is 4. The van der Waals surface area contributed by atoms with Crippen LogP contribution in [0.15, 0.2) is 48.5 Å². The zero-order valence-corrected chi connectivity index (χ0v) is 14.9. The molecule has 2 N–H and O–H groups in total. The van der Waals surface area contributed by atoms with Crippen LogP contribution in [0.3, 0.4) is 0 Å². The Morgan fingerprint density at radius 2 is 1.96 bits per heavy atom. The second kappa shape index (κ2) is 7.32. The molecule has 0 aliphatic heterocycles. The van der Waals surface area contributed by atoms with Crippen LogP contribution in [-0.4, -0.2) is 17.0 Å². The lowest BCUT2D eigenvalue weighted by molar-refractivity contribution is -0.384. The number of methoxy groups -OCH3 is 1. The van der Waals surface area contributed by atoms with Crippen molar-refractivity contribution in [2.45, 2.75) is 0 Å². The van der Waals surface area contributed by atoms with Gasteiger partial charge < -0.3 is 10.5 Å². The lowest BCUT2D eigenvalue weighted by Gasteiger charge is -2.12. The summed E-state index contributed by atoms with van der Waals surface area (Å²) < 4.78 is 5.36. The molecule has 0 spiro atoms. The number of para-hydroxylation sites is 1. The summed E-state index contributed by atoms with van der Waals surface area (Å²) in [5, 5.41) is 20.7. The van der Waals surface area contributed by atoms with Crippen molar-refractivity contribution < 1.29 is 9.66 Å². The Morgan fingerprint density at radius 3 is 2.63 bits per heavy atom. The minimum absolute atomic E-state index is 0.00855. The first kappa shape index (κ1) is 18.2. The van der Waals surface area contributed by atoms with Crippen molar-refractivity contribution in [3.05, 3.63) is 69.2 Å². The standard InChI is InChI=1S/C19H13ClN4O3/c1-27-18-5-3-2-4-12(18)16-9-13(14(10-21)19(22)23-16)11-6-7-15(20)17(8-11)24(25)26/h2-9H,1H3,(H2,22,23). The van der Waals surface area contributed by atoms with Gasteiger partial charge in [-0.1, -0.05) is 29.8 Å². The average Bonchev–Trinajstić information content (AvgIpc) is 2.67. The van der Waals surface area contributed by atoms with E-state index in [-0.39, 0.29) is 22.1 Å². The third kappa shape index (κ3) is 3.38. The Kier molecular flexibility index (Phi) is 4.92. The maximum atomic E-state index is 11.2. The van der Waals surface area contributed by atoms with Crippen molar-refractivity contribution in [3.8, 4) is 34.2 Å². The first-order chi connectivity index (χ1) is 13.0. The molecule has 3 rings (SSSR count). The number of halogens is 1. The smallest absolute Gasteiger partial charge is 0.288 e. The molecule has 0 aliphatic rings. The summed E-state index contributed by atoms with van der Waals surface area (Å²) >= 11 is 5.89. The molecule has 0 aliphatic carbocycles. The highest BCUT2D eigenvalue weighted by Gasteiger charge is 2.19. The Morgan fingerprint density at radius 1 is 1.22 bits per heavy atom. The molecule has 0 saturated carbocycles. The van der Waals surface area contributed by atoms with Crippen LogP contribution in [0, 0.1) is 21.4 Å². The fourth-order valence-corrected chi connectivity index (χ4v) is 2.91. The molecule has 0 atom stereocenters. The van der Waals surface area contributed by atoms with Crippen molar-refractivity contribution in [1.29, 1.82) is 5.26 Å². The Hall–Kier alpha value is -3.63. The van der Waals surface area contributed by atoms with E-state index in [2.05, 4.69) is 4.98 Å². The van der Waals surface area contributed by atoms with Gasteiger partial charge in [0.1, 0.15) is 28.2 Å². The molecule has 0 bridgehead atoms. The molecule has 0 radical (unpaired) electrons. The van der Waals surface area contributed by atoms with Crippen LogP contribution in [0.4, 0.5) is 11.5 Å². The van der Waals surface area contributed by atoms with Gasteiger partial charge in [-0.3, -0.25) is 10.1 Å². The van der Waals surface area contributed by atoms with Crippen LogP contribution in [0.2, 0.25) is 5.02 Å².